The van der Waals surface area contributed by atoms with Crippen molar-refractivity contribution in [3.63, 3.8) is 0 Å². The molecule has 2 aromatic rings. The number of carboxylic acid groups (broad SMARTS) is 1. The van der Waals surface area contributed by atoms with Crippen LogP contribution in [0.2, 0.25) is 0 Å². The minimum absolute atomic E-state index is 0.0512. The van der Waals surface area contributed by atoms with Crippen molar-refractivity contribution in [3.05, 3.63) is 35.5 Å². The monoisotopic (exact) mass is 235 g/mol. The van der Waals surface area contributed by atoms with Crippen LogP contribution in [0.15, 0.2) is 22.7 Å². The summed E-state index contributed by atoms with van der Waals surface area (Å²) >= 11 is 0. The van der Waals surface area contributed by atoms with Crippen LogP contribution in [0.25, 0.3) is 0 Å². The van der Waals surface area contributed by atoms with Crippen LogP contribution < -0.4 is 5.32 Å². The first-order chi connectivity index (χ1) is 8.06. The third-order valence-corrected chi connectivity index (χ3v) is 2.34. The Bertz CT molecular complexity index is 542. The van der Waals surface area contributed by atoms with Gasteiger partial charge in [-0.05, 0) is 19.1 Å². The van der Waals surface area contributed by atoms with Gasteiger partial charge in [-0.15, -0.1) is 0 Å². The van der Waals surface area contributed by atoms with E-state index in [9.17, 15) is 4.79 Å². The van der Waals surface area contributed by atoms with Gasteiger partial charge in [-0.3, -0.25) is 4.68 Å². The van der Waals surface area contributed by atoms with E-state index < -0.39 is 5.97 Å². The Kier molecular flexibility index (Phi) is 2.86. The lowest BCUT2D eigenvalue weighted by atomic mass is 10.3. The van der Waals surface area contributed by atoms with Gasteiger partial charge in [0.1, 0.15) is 5.76 Å². The van der Waals surface area contributed by atoms with Crippen LogP contribution in [0, 0.1) is 6.92 Å². The number of nitrogens with one attached hydrogen (secondary N) is 1. The molecule has 0 atom stereocenters. The maximum absolute atomic E-state index is 10.6. The summed E-state index contributed by atoms with van der Waals surface area (Å²) in [7, 11) is 1.84. The zero-order chi connectivity index (χ0) is 12.4. The van der Waals surface area contributed by atoms with Gasteiger partial charge >= 0.3 is 5.97 Å². The maximum atomic E-state index is 10.6. The van der Waals surface area contributed by atoms with Crippen LogP contribution in [0.5, 0.6) is 0 Å². The Hall–Kier alpha value is -2.24. The summed E-state index contributed by atoms with van der Waals surface area (Å²) in [6, 6.07) is 3.08. The highest BCUT2D eigenvalue weighted by Gasteiger charge is 2.09. The summed E-state index contributed by atoms with van der Waals surface area (Å²) in [6.07, 6.45) is 1.86. The second-order valence-electron chi connectivity index (χ2n) is 3.73. The number of hydrogen-bond acceptors (Lipinski definition) is 4. The third kappa shape index (κ3) is 2.47. The maximum Gasteiger partial charge on any atom is 0.371 e. The van der Waals surface area contributed by atoms with Crippen molar-refractivity contribution < 1.29 is 14.3 Å². The quantitative estimate of drug-likeness (QED) is 0.841. The zero-order valence-corrected chi connectivity index (χ0v) is 9.60. The molecule has 6 heteroatoms. The Morgan fingerprint density at radius 2 is 2.35 bits per heavy atom. The summed E-state index contributed by atoms with van der Waals surface area (Å²) < 4.78 is 6.84. The number of nitrogens with zero attached hydrogens (tertiary/aromatic N) is 2. The van der Waals surface area contributed by atoms with Crippen LogP contribution in [0.3, 0.4) is 0 Å². The van der Waals surface area contributed by atoms with Gasteiger partial charge in [-0.1, -0.05) is 0 Å². The number of aromatic carboxylic acids is 1. The van der Waals surface area contributed by atoms with E-state index in [2.05, 4.69) is 10.4 Å². The smallest absolute Gasteiger partial charge is 0.371 e. The number of furan rings is 1. The summed E-state index contributed by atoms with van der Waals surface area (Å²) in [5, 5.41) is 16.0. The van der Waals surface area contributed by atoms with Crippen molar-refractivity contribution in [1.82, 2.24) is 9.78 Å². The van der Waals surface area contributed by atoms with Crippen LogP contribution >= 0.6 is 0 Å². The van der Waals surface area contributed by atoms with Crippen molar-refractivity contribution in [3.8, 4) is 0 Å². The van der Waals surface area contributed by atoms with E-state index in [1.807, 2.05) is 20.2 Å². The summed E-state index contributed by atoms with van der Waals surface area (Å²) in [6.45, 7) is 2.33. The molecule has 0 unspecified atom stereocenters. The molecule has 0 radical (unpaired) electrons. The van der Waals surface area contributed by atoms with Gasteiger partial charge in [0.15, 0.2) is 0 Å². The van der Waals surface area contributed by atoms with Crippen molar-refractivity contribution in [2.24, 2.45) is 7.05 Å². The average molecular weight is 235 g/mol. The van der Waals surface area contributed by atoms with Gasteiger partial charge < -0.3 is 14.8 Å². The van der Waals surface area contributed by atoms with E-state index in [0.717, 1.165) is 11.4 Å². The lowest BCUT2D eigenvalue weighted by molar-refractivity contribution is 0.0660. The van der Waals surface area contributed by atoms with E-state index in [1.54, 1.807) is 10.7 Å². The van der Waals surface area contributed by atoms with Crippen molar-refractivity contribution in [2.75, 3.05) is 5.32 Å². The molecule has 2 aromatic heterocycles. The van der Waals surface area contributed by atoms with Crippen LogP contribution in [-0.4, -0.2) is 20.9 Å². The predicted molar refractivity (Wildman–Crippen MR) is 60.9 cm³/mol. The standard InChI is InChI=1S/C11H13N3O3/c1-7-9(6-14(2)13-7)12-5-8-3-4-10(17-8)11(15)16/h3-4,6,12H,5H2,1-2H3,(H,15,16). The van der Waals surface area contributed by atoms with Crippen molar-refractivity contribution in [1.29, 1.82) is 0 Å². The van der Waals surface area contributed by atoms with Gasteiger partial charge in [-0.25, -0.2) is 4.79 Å². The van der Waals surface area contributed by atoms with Gasteiger partial charge in [0, 0.05) is 13.2 Å². The molecule has 0 spiro atoms. The minimum Gasteiger partial charge on any atom is -0.475 e. The number of hydrogen-bond donors (Lipinski definition) is 2. The molecule has 0 aromatic carbocycles. The molecule has 0 aliphatic heterocycles. The normalized spacial score (nSPS) is 10.5. The van der Waals surface area contributed by atoms with Crippen LogP contribution in [0.1, 0.15) is 22.0 Å². The fourth-order valence-corrected chi connectivity index (χ4v) is 1.54. The van der Waals surface area contributed by atoms with E-state index in [4.69, 9.17) is 9.52 Å². The number of aromatic nitrogens is 2. The Balaban J connectivity index is 2.02. The lowest BCUT2D eigenvalue weighted by Gasteiger charge is -2.01. The minimum atomic E-state index is -1.06. The number of anilines is 1. The first-order valence-corrected chi connectivity index (χ1v) is 5.12. The molecule has 6 nitrogen and oxygen atoms in total. The first-order valence-electron chi connectivity index (χ1n) is 5.12. The van der Waals surface area contributed by atoms with Crippen molar-refractivity contribution in [2.45, 2.75) is 13.5 Å². The Morgan fingerprint density at radius 1 is 1.59 bits per heavy atom. The SMILES string of the molecule is Cc1nn(C)cc1NCc1ccc(C(=O)O)o1. The molecule has 0 saturated carbocycles. The molecule has 90 valence electrons. The zero-order valence-electron chi connectivity index (χ0n) is 9.60. The molecule has 0 fully saturated rings. The number of carboxylic acids is 1. The highest BCUT2D eigenvalue weighted by molar-refractivity contribution is 5.84. The molecule has 2 rings (SSSR count). The molecule has 0 aliphatic rings. The summed E-state index contributed by atoms with van der Waals surface area (Å²) in [4.78, 5) is 10.6. The highest BCUT2D eigenvalue weighted by atomic mass is 16.4. The average Bonchev–Trinajstić information content (AvgIpc) is 2.82. The molecule has 2 N–H and O–H groups in total. The first kappa shape index (κ1) is 11.3. The molecule has 17 heavy (non-hydrogen) atoms. The summed E-state index contributed by atoms with van der Waals surface area (Å²) in [5.41, 5.74) is 1.79. The van der Waals surface area contributed by atoms with Crippen LogP contribution in [0.4, 0.5) is 5.69 Å². The van der Waals surface area contributed by atoms with Gasteiger partial charge in [0.05, 0.1) is 17.9 Å². The van der Waals surface area contributed by atoms with E-state index >= 15 is 0 Å². The number of aryl methyl sites for hydroxylation is 2. The number of rotatable bonds is 4. The number of carbonyl (C=O) groups is 1. The Morgan fingerprint density at radius 3 is 2.88 bits per heavy atom. The molecule has 0 amide bonds. The fraction of sp³-hybridized carbons (Fsp3) is 0.273. The lowest BCUT2D eigenvalue weighted by Crippen LogP contribution is -1.98. The largest absolute Gasteiger partial charge is 0.475 e. The molecular formula is C11H13N3O3. The second kappa shape index (κ2) is 4.32. The predicted octanol–water partition coefficient (Wildman–Crippen LogP) is 1.63. The Labute approximate surface area is 97.9 Å². The third-order valence-electron chi connectivity index (χ3n) is 2.34. The van der Waals surface area contributed by atoms with Crippen LogP contribution in [-0.2, 0) is 13.6 Å². The molecule has 0 aliphatic carbocycles. The molecular weight excluding hydrogens is 222 g/mol. The molecule has 2 heterocycles. The summed E-state index contributed by atoms with van der Waals surface area (Å²) in [5.74, 6) is -0.538. The van der Waals surface area contributed by atoms with Crippen molar-refractivity contribution >= 4 is 11.7 Å². The molecule has 0 saturated heterocycles. The molecule has 0 bridgehead atoms. The fourth-order valence-electron chi connectivity index (χ4n) is 1.54. The van der Waals surface area contributed by atoms with Gasteiger partial charge in [-0.2, -0.15) is 5.10 Å². The van der Waals surface area contributed by atoms with Gasteiger partial charge in [0.2, 0.25) is 5.76 Å². The van der Waals surface area contributed by atoms with E-state index in [0.29, 0.717) is 12.3 Å². The van der Waals surface area contributed by atoms with Gasteiger partial charge in [0.25, 0.3) is 0 Å². The topological polar surface area (TPSA) is 80.3 Å². The second-order valence-corrected chi connectivity index (χ2v) is 3.73. The van der Waals surface area contributed by atoms with E-state index in [1.165, 1.54) is 6.07 Å². The highest BCUT2D eigenvalue weighted by Crippen LogP contribution is 2.14. The van der Waals surface area contributed by atoms with E-state index in [-0.39, 0.29) is 5.76 Å².